The van der Waals surface area contributed by atoms with Crippen LogP contribution in [0, 0.1) is 13.8 Å². The minimum absolute atomic E-state index is 0.148. The van der Waals surface area contributed by atoms with Crippen molar-refractivity contribution in [1.29, 1.82) is 0 Å². The van der Waals surface area contributed by atoms with Gasteiger partial charge in [-0.25, -0.2) is 0 Å². The number of rotatable bonds is 5. The smallest absolute Gasteiger partial charge is 0.259 e. The van der Waals surface area contributed by atoms with Gasteiger partial charge in [0.1, 0.15) is 5.75 Å². The second kappa shape index (κ2) is 6.93. The van der Waals surface area contributed by atoms with Crippen LogP contribution in [0.1, 0.15) is 34.8 Å². The summed E-state index contributed by atoms with van der Waals surface area (Å²) in [6.45, 7) is 6.73. The van der Waals surface area contributed by atoms with Gasteiger partial charge >= 0.3 is 0 Å². The van der Waals surface area contributed by atoms with Gasteiger partial charge in [0.25, 0.3) is 5.91 Å². The van der Waals surface area contributed by atoms with E-state index in [-0.39, 0.29) is 5.91 Å². The number of hydrogen-bond donors (Lipinski definition) is 1. The fourth-order valence-electron chi connectivity index (χ4n) is 2.01. The van der Waals surface area contributed by atoms with Crippen LogP contribution in [-0.4, -0.2) is 12.5 Å². The van der Waals surface area contributed by atoms with Crippen molar-refractivity contribution in [2.45, 2.75) is 27.2 Å². The molecule has 110 valence electrons. The monoisotopic (exact) mass is 283 g/mol. The van der Waals surface area contributed by atoms with Gasteiger partial charge in [0.15, 0.2) is 0 Å². The Morgan fingerprint density at radius 2 is 1.86 bits per heavy atom. The highest BCUT2D eigenvalue weighted by atomic mass is 16.5. The third kappa shape index (κ3) is 3.85. The first-order chi connectivity index (χ1) is 10.1. The number of carbonyl (C=O) groups is 1. The summed E-state index contributed by atoms with van der Waals surface area (Å²) in [7, 11) is 0. The van der Waals surface area contributed by atoms with Crippen LogP contribution in [0.4, 0.5) is 5.69 Å². The molecule has 21 heavy (non-hydrogen) atoms. The average Bonchev–Trinajstić information content (AvgIpc) is 2.49. The molecule has 1 N–H and O–H groups in total. The zero-order chi connectivity index (χ0) is 15.2. The van der Waals surface area contributed by atoms with Crippen LogP contribution in [0.5, 0.6) is 5.75 Å². The zero-order valence-corrected chi connectivity index (χ0v) is 12.8. The fourth-order valence-corrected chi connectivity index (χ4v) is 2.01. The molecular formula is C18H21NO2. The van der Waals surface area contributed by atoms with E-state index in [1.165, 1.54) is 5.56 Å². The van der Waals surface area contributed by atoms with Gasteiger partial charge in [0.05, 0.1) is 12.2 Å². The number of benzene rings is 2. The van der Waals surface area contributed by atoms with Gasteiger partial charge in [-0.15, -0.1) is 0 Å². The normalized spacial score (nSPS) is 10.2. The molecule has 0 unspecified atom stereocenters. The number of amides is 1. The summed E-state index contributed by atoms with van der Waals surface area (Å²) >= 11 is 0. The molecule has 0 atom stereocenters. The van der Waals surface area contributed by atoms with Crippen molar-refractivity contribution in [2.75, 3.05) is 11.9 Å². The van der Waals surface area contributed by atoms with Gasteiger partial charge in [-0.05, 0) is 55.7 Å². The van der Waals surface area contributed by atoms with Gasteiger partial charge in [-0.1, -0.05) is 25.1 Å². The molecule has 0 spiro atoms. The maximum atomic E-state index is 12.4. The molecular weight excluding hydrogens is 262 g/mol. The van der Waals surface area contributed by atoms with E-state index in [9.17, 15) is 4.79 Å². The van der Waals surface area contributed by atoms with Crippen LogP contribution < -0.4 is 10.1 Å². The lowest BCUT2D eigenvalue weighted by atomic mass is 10.1. The SMILES string of the molecule is CCCOc1ccccc1C(=O)Nc1ccc(C)c(C)c1. The fraction of sp³-hybridized carbons (Fsp3) is 0.278. The molecule has 0 saturated heterocycles. The highest BCUT2D eigenvalue weighted by Gasteiger charge is 2.12. The zero-order valence-electron chi connectivity index (χ0n) is 12.8. The number of para-hydroxylation sites is 1. The van der Waals surface area contributed by atoms with E-state index >= 15 is 0 Å². The Balaban J connectivity index is 2.18. The molecule has 0 aliphatic carbocycles. The van der Waals surface area contributed by atoms with Gasteiger partial charge in [-0.2, -0.15) is 0 Å². The topological polar surface area (TPSA) is 38.3 Å². The van der Waals surface area contributed by atoms with E-state index in [0.717, 1.165) is 17.7 Å². The first-order valence-electron chi connectivity index (χ1n) is 7.22. The highest BCUT2D eigenvalue weighted by Crippen LogP contribution is 2.21. The predicted octanol–water partition coefficient (Wildman–Crippen LogP) is 4.34. The molecule has 3 nitrogen and oxygen atoms in total. The second-order valence-electron chi connectivity index (χ2n) is 5.10. The largest absolute Gasteiger partial charge is 0.493 e. The van der Waals surface area contributed by atoms with Crippen molar-refractivity contribution in [3.63, 3.8) is 0 Å². The summed E-state index contributed by atoms with van der Waals surface area (Å²) in [5, 5.41) is 2.92. The summed E-state index contributed by atoms with van der Waals surface area (Å²) < 4.78 is 5.63. The van der Waals surface area contributed by atoms with Gasteiger partial charge in [-0.3, -0.25) is 4.79 Å². The van der Waals surface area contributed by atoms with Gasteiger partial charge in [0, 0.05) is 5.69 Å². The van der Waals surface area contributed by atoms with Crippen LogP contribution in [0.3, 0.4) is 0 Å². The van der Waals surface area contributed by atoms with Crippen LogP contribution >= 0.6 is 0 Å². The lowest BCUT2D eigenvalue weighted by Gasteiger charge is -2.12. The van der Waals surface area contributed by atoms with Crippen molar-refractivity contribution >= 4 is 11.6 Å². The summed E-state index contributed by atoms with van der Waals surface area (Å²) in [5.41, 5.74) is 3.72. The first-order valence-corrected chi connectivity index (χ1v) is 7.22. The molecule has 2 aromatic carbocycles. The molecule has 0 heterocycles. The second-order valence-corrected chi connectivity index (χ2v) is 5.10. The van der Waals surface area contributed by atoms with Crippen LogP contribution in [0.2, 0.25) is 0 Å². The van der Waals surface area contributed by atoms with E-state index in [1.807, 2.05) is 50.2 Å². The molecule has 0 aliphatic rings. The molecule has 0 saturated carbocycles. The van der Waals surface area contributed by atoms with Crippen molar-refractivity contribution in [3.8, 4) is 5.75 Å². The molecule has 2 rings (SSSR count). The molecule has 0 fully saturated rings. The van der Waals surface area contributed by atoms with Gasteiger partial charge in [0.2, 0.25) is 0 Å². The van der Waals surface area contributed by atoms with E-state index in [0.29, 0.717) is 17.9 Å². The first kappa shape index (κ1) is 15.1. The number of hydrogen-bond acceptors (Lipinski definition) is 2. The van der Waals surface area contributed by atoms with Crippen molar-refractivity contribution < 1.29 is 9.53 Å². The lowest BCUT2D eigenvalue weighted by molar-refractivity contribution is 0.102. The van der Waals surface area contributed by atoms with Gasteiger partial charge < -0.3 is 10.1 Å². The lowest BCUT2D eigenvalue weighted by Crippen LogP contribution is -2.14. The standard InChI is InChI=1S/C18H21NO2/c1-4-11-21-17-8-6-5-7-16(17)18(20)19-15-10-9-13(2)14(3)12-15/h5-10,12H,4,11H2,1-3H3,(H,19,20). The summed E-state index contributed by atoms with van der Waals surface area (Å²) in [6, 6.07) is 13.2. The Morgan fingerprint density at radius 1 is 1.10 bits per heavy atom. The van der Waals surface area contributed by atoms with Crippen LogP contribution in [-0.2, 0) is 0 Å². The number of anilines is 1. The quantitative estimate of drug-likeness (QED) is 0.886. The molecule has 0 bridgehead atoms. The van der Waals surface area contributed by atoms with E-state index in [2.05, 4.69) is 12.2 Å². The molecule has 1 amide bonds. The van der Waals surface area contributed by atoms with Crippen LogP contribution in [0.25, 0.3) is 0 Å². The van der Waals surface area contributed by atoms with Crippen molar-refractivity contribution in [1.82, 2.24) is 0 Å². The minimum Gasteiger partial charge on any atom is -0.493 e. The number of ether oxygens (including phenoxy) is 1. The third-order valence-electron chi connectivity index (χ3n) is 3.36. The number of aryl methyl sites for hydroxylation is 2. The molecule has 0 aliphatic heterocycles. The van der Waals surface area contributed by atoms with Crippen LogP contribution in [0.15, 0.2) is 42.5 Å². The minimum atomic E-state index is -0.148. The maximum Gasteiger partial charge on any atom is 0.259 e. The molecule has 3 heteroatoms. The Hall–Kier alpha value is -2.29. The highest BCUT2D eigenvalue weighted by molar-refractivity contribution is 6.06. The number of carbonyl (C=O) groups excluding carboxylic acids is 1. The Kier molecular flexibility index (Phi) is 4.99. The van der Waals surface area contributed by atoms with Crippen molar-refractivity contribution in [3.05, 3.63) is 59.2 Å². The molecule has 0 aromatic heterocycles. The summed E-state index contributed by atoms with van der Waals surface area (Å²) in [6.07, 6.45) is 0.910. The van der Waals surface area contributed by atoms with E-state index in [4.69, 9.17) is 4.74 Å². The Bertz CT molecular complexity index is 635. The summed E-state index contributed by atoms with van der Waals surface area (Å²) in [4.78, 5) is 12.4. The Labute approximate surface area is 126 Å². The Morgan fingerprint density at radius 3 is 2.57 bits per heavy atom. The molecule has 0 radical (unpaired) electrons. The van der Waals surface area contributed by atoms with E-state index in [1.54, 1.807) is 6.07 Å². The third-order valence-corrected chi connectivity index (χ3v) is 3.36. The predicted molar refractivity (Wildman–Crippen MR) is 86.1 cm³/mol. The maximum absolute atomic E-state index is 12.4. The number of nitrogens with one attached hydrogen (secondary N) is 1. The van der Waals surface area contributed by atoms with E-state index < -0.39 is 0 Å². The summed E-state index contributed by atoms with van der Waals surface area (Å²) in [5.74, 6) is 0.477. The average molecular weight is 283 g/mol. The molecule has 2 aromatic rings. The van der Waals surface area contributed by atoms with Crippen molar-refractivity contribution in [2.24, 2.45) is 0 Å².